The third kappa shape index (κ3) is 6.06. The van der Waals surface area contributed by atoms with E-state index in [4.69, 9.17) is 9.98 Å². The molecule has 0 N–H and O–H groups in total. The first kappa shape index (κ1) is 38.1. The summed E-state index contributed by atoms with van der Waals surface area (Å²) in [6, 6.07) is 81.6. The molecule has 0 saturated heterocycles. The van der Waals surface area contributed by atoms with Crippen molar-refractivity contribution < 1.29 is 0 Å². The van der Waals surface area contributed by atoms with Gasteiger partial charge < -0.3 is 9.13 Å². The van der Waals surface area contributed by atoms with E-state index in [-0.39, 0.29) is 12.0 Å². The number of aromatic nitrogens is 2. The molecule has 0 radical (unpaired) electrons. The molecule has 2 aromatic heterocycles. The topological polar surface area (TPSA) is 34.6 Å². The lowest BCUT2D eigenvalue weighted by molar-refractivity contribution is 0.532. The monoisotopic (exact) mass is 844 g/mol. The Balaban J connectivity index is 1.07. The molecule has 0 amide bonds. The third-order valence-corrected chi connectivity index (χ3v) is 13.9. The number of fused-ring (bicyclic) bond motifs is 9. The van der Waals surface area contributed by atoms with Gasteiger partial charge >= 0.3 is 0 Å². The van der Waals surface area contributed by atoms with Gasteiger partial charge in [-0.05, 0) is 93.4 Å². The van der Waals surface area contributed by atoms with Crippen LogP contribution >= 0.6 is 0 Å². The van der Waals surface area contributed by atoms with E-state index in [1.165, 1.54) is 76.3 Å². The summed E-state index contributed by atoms with van der Waals surface area (Å²) >= 11 is 0. The first-order valence-electron chi connectivity index (χ1n) is 23.1. The second-order valence-electron chi connectivity index (χ2n) is 17.6. The lowest BCUT2D eigenvalue weighted by Crippen LogP contribution is -2.28. The molecule has 0 spiro atoms. The molecule has 0 fully saturated rings. The Bertz CT molecular complexity index is 3900. The molecular formula is C62H44N4. The number of rotatable bonds is 7. The van der Waals surface area contributed by atoms with Crippen LogP contribution in [0.2, 0.25) is 0 Å². The van der Waals surface area contributed by atoms with Gasteiger partial charge in [0, 0.05) is 44.1 Å². The summed E-state index contributed by atoms with van der Waals surface area (Å²) in [6.45, 7) is 2.28. The Morgan fingerprint density at radius 3 is 1.80 bits per heavy atom. The van der Waals surface area contributed by atoms with Crippen molar-refractivity contribution in [1.29, 1.82) is 0 Å². The molecule has 13 rings (SSSR count). The second kappa shape index (κ2) is 15.4. The fourth-order valence-electron chi connectivity index (χ4n) is 10.8. The second-order valence-corrected chi connectivity index (χ2v) is 17.6. The highest BCUT2D eigenvalue weighted by Crippen LogP contribution is 2.44. The van der Waals surface area contributed by atoms with Crippen molar-refractivity contribution >= 4 is 76.7 Å². The average Bonchev–Trinajstić information content (AvgIpc) is 3.90. The van der Waals surface area contributed by atoms with E-state index in [9.17, 15) is 0 Å². The summed E-state index contributed by atoms with van der Waals surface area (Å²) in [5.74, 6) is 0.821. The Morgan fingerprint density at radius 1 is 0.409 bits per heavy atom. The molecule has 1 aliphatic rings. The molecule has 4 heteroatoms. The van der Waals surface area contributed by atoms with Crippen molar-refractivity contribution in [2.45, 2.75) is 19.4 Å². The fraction of sp³-hybridized carbons (Fsp3) is 0.0645. The van der Waals surface area contributed by atoms with E-state index in [1.54, 1.807) is 0 Å². The highest BCUT2D eigenvalue weighted by Gasteiger charge is 2.32. The molecule has 2 unspecified atom stereocenters. The molecule has 1 aliphatic heterocycles. The minimum Gasteiger partial charge on any atom is -0.309 e. The summed E-state index contributed by atoms with van der Waals surface area (Å²) in [4.78, 5) is 11.1. The number of amidine groups is 1. The van der Waals surface area contributed by atoms with Crippen LogP contribution in [0.25, 0.3) is 87.7 Å². The number of aliphatic imine (C=N–C) groups is 2. The van der Waals surface area contributed by atoms with Crippen LogP contribution in [0.3, 0.4) is 0 Å². The van der Waals surface area contributed by atoms with Crippen LogP contribution in [0.1, 0.15) is 36.1 Å². The molecule has 312 valence electrons. The largest absolute Gasteiger partial charge is 0.309 e. The quantitative estimate of drug-likeness (QED) is 0.153. The Hall–Kier alpha value is -8.34. The summed E-state index contributed by atoms with van der Waals surface area (Å²) < 4.78 is 4.96. The molecular weight excluding hydrogens is 801 g/mol. The van der Waals surface area contributed by atoms with E-state index < -0.39 is 0 Å². The minimum atomic E-state index is -0.0973. The predicted molar refractivity (Wildman–Crippen MR) is 278 cm³/mol. The summed E-state index contributed by atoms with van der Waals surface area (Å²) in [6.07, 6.45) is 0.885. The maximum Gasteiger partial charge on any atom is 0.155 e. The van der Waals surface area contributed by atoms with Crippen LogP contribution < -0.4 is 0 Å². The lowest BCUT2D eigenvalue weighted by Gasteiger charge is -2.30. The van der Waals surface area contributed by atoms with Crippen molar-refractivity contribution in [3.05, 3.63) is 241 Å². The zero-order chi connectivity index (χ0) is 43.7. The molecule has 66 heavy (non-hydrogen) atoms. The van der Waals surface area contributed by atoms with Gasteiger partial charge in [0.05, 0.1) is 39.5 Å². The smallest absolute Gasteiger partial charge is 0.155 e. The van der Waals surface area contributed by atoms with Gasteiger partial charge in [-0.2, -0.15) is 0 Å². The van der Waals surface area contributed by atoms with Gasteiger partial charge in [-0.1, -0.05) is 183 Å². The van der Waals surface area contributed by atoms with Gasteiger partial charge in [0.25, 0.3) is 0 Å². The van der Waals surface area contributed by atoms with E-state index in [1.807, 2.05) is 0 Å². The average molecular weight is 845 g/mol. The zero-order valence-corrected chi connectivity index (χ0v) is 36.5. The molecule has 0 saturated carbocycles. The lowest BCUT2D eigenvalue weighted by atomic mass is 9.82. The van der Waals surface area contributed by atoms with Gasteiger partial charge in [0.1, 0.15) is 0 Å². The maximum atomic E-state index is 5.60. The molecule has 0 aliphatic carbocycles. The molecule has 10 aromatic carbocycles. The van der Waals surface area contributed by atoms with Crippen molar-refractivity contribution in [3.63, 3.8) is 0 Å². The van der Waals surface area contributed by atoms with Crippen molar-refractivity contribution in [1.82, 2.24) is 9.13 Å². The van der Waals surface area contributed by atoms with E-state index in [2.05, 4.69) is 241 Å². The first-order chi connectivity index (χ1) is 32.7. The van der Waals surface area contributed by atoms with Crippen LogP contribution in [0.5, 0.6) is 0 Å². The van der Waals surface area contributed by atoms with E-state index >= 15 is 0 Å². The van der Waals surface area contributed by atoms with Crippen molar-refractivity contribution in [3.8, 4) is 22.5 Å². The first-order valence-corrected chi connectivity index (χ1v) is 23.1. The Morgan fingerprint density at radius 2 is 1.03 bits per heavy atom. The summed E-state index contributed by atoms with van der Waals surface area (Å²) in [7, 11) is 0. The fourth-order valence-corrected chi connectivity index (χ4v) is 10.8. The van der Waals surface area contributed by atoms with E-state index in [0.29, 0.717) is 0 Å². The highest BCUT2D eigenvalue weighted by atomic mass is 15.0. The number of nitrogens with zero attached hydrogens (tertiary/aromatic N) is 4. The number of para-hydroxylation sites is 2. The summed E-state index contributed by atoms with van der Waals surface area (Å²) in [5.41, 5.74) is 13.7. The van der Waals surface area contributed by atoms with Crippen molar-refractivity contribution in [2.24, 2.45) is 15.9 Å². The van der Waals surface area contributed by atoms with Gasteiger partial charge in [-0.25, -0.2) is 4.99 Å². The van der Waals surface area contributed by atoms with Gasteiger partial charge in [0.15, 0.2) is 5.84 Å². The summed E-state index contributed by atoms with van der Waals surface area (Å²) in [5, 5.41) is 9.84. The normalized spacial score (nSPS) is 15.3. The van der Waals surface area contributed by atoms with Crippen LogP contribution in [-0.2, 0) is 0 Å². The number of benzene rings is 10. The molecule has 4 nitrogen and oxygen atoms in total. The van der Waals surface area contributed by atoms with Crippen LogP contribution in [0, 0.1) is 5.92 Å². The van der Waals surface area contributed by atoms with Gasteiger partial charge in [0.2, 0.25) is 0 Å². The zero-order valence-electron chi connectivity index (χ0n) is 36.5. The van der Waals surface area contributed by atoms with E-state index in [0.717, 1.165) is 46.0 Å². The number of hydrogen-bond donors (Lipinski definition) is 0. The number of hydrogen-bond acceptors (Lipinski definition) is 2. The molecule has 2 atom stereocenters. The van der Waals surface area contributed by atoms with Gasteiger partial charge in [-0.3, -0.25) is 4.99 Å². The van der Waals surface area contributed by atoms with Crippen LogP contribution in [0.15, 0.2) is 234 Å². The third-order valence-electron chi connectivity index (χ3n) is 13.9. The van der Waals surface area contributed by atoms with Crippen molar-refractivity contribution in [2.75, 3.05) is 0 Å². The maximum absolute atomic E-state index is 5.60. The SMILES string of the molecule is CCC1C(c2cc(-n3c4ccccc4c4cc5c6c7ccccc7ccc6n(-c6ccccc6)c5cc43)c3ccccc3c2)=NC(c2ccc(-c3ccccc3)cc2)=NC1c1ccccc1. The minimum absolute atomic E-state index is 0.0583. The standard InChI is InChI=1S/C62H44N4/c1-2-48-60(43-21-8-4-9-22-43)63-62(44-32-30-41(31-33-44)40-18-6-3-7-19-40)64-61(48)46-36-45-23-13-14-26-49(45)56(37-46)66-54-29-17-16-28-51(54)52-38-53-58(39-57(52)66)65(47-24-10-5-11-25-47)55-35-34-42-20-12-15-27-50(42)59(53)55/h3-39,48,60H,2H2,1H3. The molecule has 3 heterocycles. The molecule has 12 aromatic rings. The van der Waals surface area contributed by atoms with Gasteiger partial charge in [-0.15, -0.1) is 0 Å². The highest BCUT2D eigenvalue weighted by molar-refractivity contribution is 6.26. The molecule has 0 bridgehead atoms. The predicted octanol–water partition coefficient (Wildman–Crippen LogP) is 15.9. The van der Waals surface area contributed by atoms with Crippen LogP contribution in [-0.4, -0.2) is 20.7 Å². The van der Waals surface area contributed by atoms with Crippen LogP contribution in [0.4, 0.5) is 0 Å². The Kier molecular flexibility index (Phi) is 8.92. The Labute approximate surface area is 383 Å².